The number of fused-ring (bicyclic) bond motifs is 3. The highest BCUT2D eigenvalue weighted by atomic mass is 32.1. The van der Waals surface area contributed by atoms with Crippen molar-refractivity contribution in [2.45, 2.75) is 25.1 Å². The number of rotatable bonds is 5. The highest BCUT2D eigenvalue weighted by Gasteiger charge is 2.42. The van der Waals surface area contributed by atoms with Gasteiger partial charge in [-0.05, 0) is 60.2 Å². The molecule has 4 nitrogen and oxygen atoms in total. The highest BCUT2D eigenvalue weighted by Crippen LogP contribution is 2.40. The van der Waals surface area contributed by atoms with Crippen molar-refractivity contribution in [3.05, 3.63) is 82.0 Å². The van der Waals surface area contributed by atoms with Crippen molar-refractivity contribution < 1.29 is 18.0 Å². The molecule has 0 saturated carbocycles. The number of carbonyl (C=O) groups is 1. The van der Waals surface area contributed by atoms with Crippen LogP contribution in [0.3, 0.4) is 0 Å². The zero-order valence-electron chi connectivity index (χ0n) is 18.6. The Balaban J connectivity index is 1.41. The van der Waals surface area contributed by atoms with E-state index >= 15 is 0 Å². The van der Waals surface area contributed by atoms with Crippen LogP contribution in [0.5, 0.6) is 0 Å². The lowest BCUT2D eigenvalue weighted by molar-refractivity contribution is -0.137. The Morgan fingerprint density at radius 2 is 1.88 bits per heavy atom. The number of hydrogen-bond donors (Lipinski definition) is 1. The molecule has 3 heterocycles. The first-order valence-corrected chi connectivity index (χ1v) is 12.3. The van der Waals surface area contributed by atoms with Gasteiger partial charge in [-0.25, -0.2) is 0 Å². The summed E-state index contributed by atoms with van der Waals surface area (Å²) in [6.45, 7) is 2.55. The van der Waals surface area contributed by atoms with Crippen LogP contribution >= 0.6 is 11.3 Å². The van der Waals surface area contributed by atoms with Crippen molar-refractivity contribution >= 4 is 28.6 Å². The van der Waals surface area contributed by atoms with Gasteiger partial charge in [0.15, 0.2) is 0 Å². The molecule has 34 heavy (non-hydrogen) atoms. The first kappa shape index (κ1) is 22.8. The van der Waals surface area contributed by atoms with Crippen LogP contribution in [0.15, 0.2) is 66.0 Å². The van der Waals surface area contributed by atoms with Crippen LogP contribution in [0.25, 0.3) is 0 Å². The maximum Gasteiger partial charge on any atom is 0.416 e. The van der Waals surface area contributed by atoms with Crippen molar-refractivity contribution in [3.8, 4) is 0 Å². The van der Waals surface area contributed by atoms with Gasteiger partial charge in [0.25, 0.3) is 0 Å². The third kappa shape index (κ3) is 4.64. The number of para-hydroxylation sites is 1. The largest absolute Gasteiger partial charge is 0.416 e. The van der Waals surface area contributed by atoms with Gasteiger partial charge in [0.2, 0.25) is 5.91 Å². The Labute approximate surface area is 201 Å². The molecule has 1 aromatic heterocycles. The van der Waals surface area contributed by atoms with Gasteiger partial charge in [-0.3, -0.25) is 4.79 Å². The van der Waals surface area contributed by atoms with Gasteiger partial charge in [-0.15, -0.1) is 11.3 Å². The molecule has 1 fully saturated rings. The van der Waals surface area contributed by atoms with Crippen LogP contribution in [0.1, 0.15) is 16.0 Å². The number of nitrogens with zero attached hydrogens (tertiary/aromatic N) is 2. The van der Waals surface area contributed by atoms with Crippen LogP contribution in [0.2, 0.25) is 0 Å². The van der Waals surface area contributed by atoms with Crippen molar-refractivity contribution in [3.63, 3.8) is 0 Å². The Morgan fingerprint density at radius 1 is 1.06 bits per heavy atom. The van der Waals surface area contributed by atoms with E-state index in [1.807, 2.05) is 35.7 Å². The summed E-state index contributed by atoms with van der Waals surface area (Å²) in [6, 6.07) is 17.9. The molecule has 0 aliphatic carbocycles. The van der Waals surface area contributed by atoms with Gasteiger partial charge >= 0.3 is 6.18 Å². The van der Waals surface area contributed by atoms with E-state index in [4.69, 9.17) is 0 Å². The molecule has 0 unspecified atom stereocenters. The molecule has 2 aromatic carbocycles. The summed E-state index contributed by atoms with van der Waals surface area (Å²) in [6.07, 6.45) is -3.36. The number of amides is 1. The lowest BCUT2D eigenvalue weighted by atomic mass is 9.82. The Kier molecular flexibility index (Phi) is 6.25. The second-order valence-corrected chi connectivity index (χ2v) is 9.85. The zero-order chi connectivity index (χ0) is 23.7. The number of alkyl halides is 3. The minimum Gasteiger partial charge on any atom is -0.368 e. The molecule has 178 valence electrons. The molecular formula is C26H26F3N3OS. The molecule has 1 N–H and O–H groups in total. The van der Waals surface area contributed by atoms with Crippen molar-refractivity contribution in [1.29, 1.82) is 0 Å². The van der Waals surface area contributed by atoms with Gasteiger partial charge in [0, 0.05) is 42.4 Å². The summed E-state index contributed by atoms with van der Waals surface area (Å²) in [5, 5.41) is 5.06. The Morgan fingerprint density at radius 3 is 2.62 bits per heavy atom. The lowest BCUT2D eigenvalue weighted by Gasteiger charge is -2.49. The lowest BCUT2D eigenvalue weighted by Crippen LogP contribution is -2.61. The summed E-state index contributed by atoms with van der Waals surface area (Å²) in [5.74, 6) is -0.518. The molecule has 0 bridgehead atoms. The fraction of sp³-hybridized carbons (Fsp3) is 0.346. The second kappa shape index (κ2) is 9.33. The first-order valence-electron chi connectivity index (χ1n) is 11.5. The summed E-state index contributed by atoms with van der Waals surface area (Å²) in [7, 11) is 0. The van der Waals surface area contributed by atoms with Crippen molar-refractivity contribution in [2.75, 3.05) is 36.0 Å². The van der Waals surface area contributed by atoms with Crippen LogP contribution in [0.4, 0.5) is 24.5 Å². The van der Waals surface area contributed by atoms with Crippen LogP contribution in [-0.2, 0) is 23.8 Å². The fourth-order valence-electron chi connectivity index (χ4n) is 5.07. The molecule has 3 aromatic rings. The summed E-state index contributed by atoms with van der Waals surface area (Å²) >= 11 is 1.65. The molecule has 5 rings (SSSR count). The van der Waals surface area contributed by atoms with Crippen LogP contribution in [0, 0.1) is 5.92 Å². The fourth-order valence-corrected chi connectivity index (χ4v) is 5.78. The quantitative estimate of drug-likeness (QED) is 0.553. The normalized spacial score (nSPS) is 20.0. The van der Waals surface area contributed by atoms with E-state index in [1.54, 1.807) is 17.4 Å². The molecule has 2 atom stereocenters. The van der Waals surface area contributed by atoms with Crippen LogP contribution < -0.4 is 15.1 Å². The predicted octanol–water partition coefficient (Wildman–Crippen LogP) is 4.99. The van der Waals surface area contributed by atoms with Gasteiger partial charge in [0.05, 0.1) is 17.5 Å². The summed E-state index contributed by atoms with van der Waals surface area (Å²) in [4.78, 5) is 18.9. The summed E-state index contributed by atoms with van der Waals surface area (Å²) in [5.41, 5.74) is 1.84. The molecular weight excluding hydrogens is 459 g/mol. The van der Waals surface area contributed by atoms with Gasteiger partial charge < -0.3 is 15.1 Å². The van der Waals surface area contributed by atoms with E-state index < -0.39 is 17.7 Å². The van der Waals surface area contributed by atoms with E-state index in [0.29, 0.717) is 31.6 Å². The summed E-state index contributed by atoms with van der Waals surface area (Å²) < 4.78 is 40.2. The number of nitrogens with one attached hydrogen (secondary N) is 1. The average molecular weight is 486 g/mol. The van der Waals surface area contributed by atoms with E-state index in [0.717, 1.165) is 30.4 Å². The molecule has 8 heteroatoms. The molecule has 0 radical (unpaired) electrons. The zero-order valence-corrected chi connectivity index (χ0v) is 19.4. The smallest absolute Gasteiger partial charge is 0.368 e. The average Bonchev–Trinajstić information content (AvgIpc) is 3.36. The standard InChI is InChI=1S/C26H26F3N3OS/c27-26(28,29)19-8-9-23-18(15-19)16-22(25(33)30-11-10-21-7-4-14-34-21)24-17-31(12-13-32(23)24)20-5-2-1-3-6-20/h1-9,14-15,22,24H,10-13,16-17H2,(H,30,33)/t22-,24+/m1/s1. The van der Waals surface area contributed by atoms with E-state index in [9.17, 15) is 18.0 Å². The number of piperazine rings is 1. The van der Waals surface area contributed by atoms with E-state index in [-0.39, 0.29) is 11.9 Å². The molecule has 1 saturated heterocycles. The Hall–Kier alpha value is -3.00. The van der Waals surface area contributed by atoms with Gasteiger partial charge in [-0.1, -0.05) is 24.3 Å². The predicted molar refractivity (Wildman–Crippen MR) is 129 cm³/mol. The second-order valence-electron chi connectivity index (χ2n) is 8.81. The first-order chi connectivity index (χ1) is 16.4. The highest BCUT2D eigenvalue weighted by molar-refractivity contribution is 7.09. The van der Waals surface area contributed by atoms with Crippen molar-refractivity contribution in [1.82, 2.24) is 5.32 Å². The van der Waals surface area contributed by atoms with Gasteiger partial charge in [-0.2, -0.15) is 13.2 Å². The van der Waals surface area contributed by atoms with E-state index in [2.05, 4.69) is 27.2 Å². The molecule has 0 spiro atoms. The number of hydrogen-bond acceptors (Lipinski definition) is 4. The number of benzene rings is 2. The number of anilines is 2. The Bertz CT molecular complexity index is 1130. The SMILES string of the molecule is O=C(NCCc1cccs1)[C@@H]1Cc2cc(C(F)(F)F)ccc2N2CCN(c3ccccc3)C[C@@H]12. The molecule has 2 aliphatic rings. The number of thiophene rings is 1. The molecule has 1 amide bonds. The number of halogens is 3. The monoisotopic (exact) mass is 485 g/mol. The minimum absolute atomic E-state index is 0.0930. The van der Waals surface area contributed by atoms with Crippen LogP contribution in [-0.4, -0.2) is 38.1 Å². The van der Waals surface area contributed by atoms with E-state index in [1.165, 1.54) is 10.9 Å². The topological polar surface area (TPSA) is 35.6 Å². The number of carbonyl (C=O) groups excluding carboxylic acids is 1. The molecule has 2 aliphatic heterocycles. The minimum atomic E-state index is -4.41. The maximum absolute atomic E-state index is 13.4. The van der Waals surface area contributed by atoms with Gasteiger partial charge in [0.1, 0.15) is 0 Å². The maximum atomic E-state index is 13.4. The third-order valence-corrected chi connectivity index (χ3v) is 7.68. The van der Waals surface area contributed by atoms with Crippen molar-refractivity contribution in [2.24, 2.45) is 5.92 Å². The third-order valence-electron chi connectivity index (χ3n) is 6.75.